The summed E-state index contributed by atoms with van der Waals surface area (Å²) in [6.07, 6.45) is 1.56. The van der Waals surface area contributed by atoms with E-state index in [1.807, 2.05) is 39.0 Å². The first-order valence-corrected chi connectivity index (χ1v) is 7.82. The van der Waals surface area contributed by atoms with Gasteiger partial charge in [0.2, 0.25) is 5.91 Å². The van der Waals surface area contributed by atoms with Gasteiger partial charge in [0.1, 0.15) is 5.78 Å². The molecule has 1 aromatic rings. The molecule has 0 aromatic heterocycles. The molecule has 1 aliphatic heterocycles. The van der Waals surface area contributed by atoms with E-state index in [4.69, 9.17) is 0 Å². The number of rotatable bonds is 3. The van der Waals surface area contributed by atoms with E-state index in [-0.39, 0.29) is 17.6 Å². The Morgan fingerprint density at radius 2 is 2.10 bits per heavy atom. The van der Waals surface area contributed by atoms with Crippen LogP contribution in [0, 0.1) is 18.8 Å². The Morgan fingerprint density at radius 1 is 1.40 bits per heavy atom. The molecular weight excluding hydrogens is 318 g/mol. The molecule has 0 spiro atoms. The molecule has 1 atom stereocenters. The molecule has 0 N–H and O–H groups in total. The van der Waals surface area contributed by atoms with Gasteiger partial charge in [-0.3, -0.25) is 9.59 Å². The molecule has 1 aliphatic rings. The summed E-state index contributed by atoms with van der Waals surface area (Å²) >= 11 is 3.47. The van der Waals surface area contributed by atoms with Crippen molar-refractivity contribution in [2.24, 2.45) is 11.8 Å². The van der Waals surface area contributed by atoms with E-state index in [9.17, 15) is 9.59 Å². The molecule has 2 rings (SSSR count). The minimum absolute atomic E-state index is 0.0447. The van der Waals surface area contributed by atoms with Gasteiger partial charge in [-0.15, -0.1) is 0 Å². The quantitative estimate of drug-likeness (QED) is 0.788. The van der Waals surface area contributed by atoms with Crippen molar-refractivity contribution in [2.45, 2.75) is 33.6 Å². The van der Waals surface area contributed by atoms with Crippen molar-refractivity contribution >= 4 is 33.3 Å². The van der Waals surface area contributed by atoms with Gasteiger partial charge in [0.25, 0.3) is 0 Å². The third-order valence-corrected chi connectivity index (χ3v) is 4.69. The first-order valence-electron chi connectivity index (χ1n) is 7.03. The smallest absolute Gasteiger partial charge is 0.237 e. The standard InChI is InChI=1S/C16H20BrNO2/c1-10(2)15(19)13-5-4-8-18(16(13)20)12-6-7-14(17)11(3)9-12/h6-7,9-10,13H,4-5,8H2,1-3H3. The Hall–Kier alpha value is -1.16. The number of anilines is 1. The largest absolute Gasteiger partial charge is 0.312 e. The van der Waals surface area contributed by atoms with Gasteiger partial charge in [-0.25, -0.2) is 0 Å². The summed E-state index contributed by atoms with van der Waals surface area (Å²) in [6, 6.07) is 5.87. The molecule has 1 saturated heterocycles. The van der Waals surface area contributed by atoms with E-state index in [0.717, 1.165) is 22.1 Å². The maximum atomic E-state index is 12.6. The SMILES string of the molecule is Cc1cc(N2CCCC(C(=O)C(C)C)C2=O)ccc1Br. The molecule has 1 heterocycles. The van der Waals surface area contributed by atoms with Crippen LogP contribution in [0.1, 0.15) is 32.3 Å². The van der Waals surface area contributed by atoms with Crippen molar-refractivity contribution in [3.63, 3.8) is 0 Å². The molecule has 20 heavy (non-hydrogen) atoms. The average molecular weight is 338 g/mol. The number of benzene rings is 1. The highest BCUT2D eigenvalue weighted by atomic mass is 79.9. The molecular formula is C16H20BrNO2. The summed E-state index contributed by atoms with van der Waals surface area (Å²) in [7, 11) is 0. The summed E-state index contributed by atoms with van der Waals surface area (Å²) in [5.41, 5.74) is 1.98. The molecule has 0 bridgehead atoms. The molecule has 0 saturated carbocycles. The van der Waals surface area contributed by atoms with Crippen LogP contribution in [0.15, 0.2) is 22.7 Å². The van der Waals surface area contributed by atoms with Crippen LogP contribution in [-0.4, -0.2) is 18.2 Å². The van der Waals surface area contributed by atoms with Gasteiger partial charge >= 0.3 is 0 Å². The summed E-state index contributed by atoms with van der Waals surface area (Å²) in [6.45, 7) is 6.41. The summed E-state index contributed by atoms with van der Waals surface area (Å²) < 4.78 is 1.03. The Labute approximate surface area is 128 Å². The van der Waals surface area contributed by atoms with Crippen molar-refractivity contribution in [1.29, 1.82) is 0 Å². The molecule has 3 nitrogen and oxygen atoms in total. The molecule has 0 aliphatic carbocycles. The minimum Gasteiger partial charge on any atom is -0.312 e. The number of Topliss-reactive ketones (excluding diaryl/α,β-unsaturated/α-hetero) is 1. The Balaban J connectivity index is 2.26. The zero-order valence-corrected chi connectivity index (χ0v) is 13.7. The maximum absolute atomic E-state index is 12.6. The molecule has 1 aromatic carbocycles. The zero-order valence-electron chi connectivity index (χ0n) is 12.1. The second-order valence-corrected chi connectivity index (χ2v) is 6.53. The molecule has 1 fully saturated rings. The third-order valence-electron chi connectivity index (χ3n) is 3.80. The van der Waals surface area contributed by atoms with Crippen LogP contribution in [0.2, 0.25) is 0 Å². The topological polar surface area (TPSA) is 37.4 Å². The summed E-state index contributed by atoms with van der Waals surface area (Å²) in [5, 5.41) is 0. The van der Waals surface area contributed by atoms with E-state index in [1.165, 1.54) is 0 Å². The summed E-state index contributed by atoms with van der Waals surface area (Å²) in [5.74, 6) is -0.534. The van der Waals surface area contributed by atoms with E-state index in [2.05, 4.69) is 15.9 Å². The fraction of sp³-hybridized carbons (Fsp3) is 0.500. The molecule has 1 unspecified atom stereocenters. The van der Waals surface area contributed by atoms with Gasteiger partial charge in [-0.2, -0.15) is 0 Å². The van der Waals surface area contributed by atoms with Gasteiger partial charge in [-0.05, 0) is 43.5 Å². The van der Waals surface area contributed by atoms with Gasteiger partial charge in [0, 0.05) is 22.6 Å². The van der Waals surface area contributed by atoms with Crippen molar-refractivity contribution in [2.75, 3.05) is 11.4 Å². The second kappa shape index (κ2) is 6.08. The maximum Gasteiger partial charge on any atom is 0.237 e. The monoisotopic (exact) mass is 337 g/mol. The van der Waals surface area contributed by atoms with Crippen molar-refractivity contribution in [3.8, 4) is 0 Å². The van der Waals surface area contributed by atoms with Crippen molar-refractivity contribution in [1.82, 2.24) is 0 Å². The van der Waals surface area contributed by atoms with Crippen LogP contribution in [0.25, 0.3) is 0 Å². The van der Waals surface area contributed by atoms with Crippen molar-refractivity contribution in [3.05, 3.63) is 28.2 Å². The van der Waals surface area contributed by atoms with Gasteiger partial charge in [0.05, 0.1) is 5.92 Å². The number of piperidine rings is 1. The molecule has 1 amide bonds. The number of carbonyl (C=O) groups excluding carboxylic acids is 2. The highest BCUT2D eigenvalue weighted by Gasteiger charge is 2.35. The highest BCUT2D eigenvalue weighted by Crippen LogP contribution is 2.29. The molecule has 4 heteroatoms. The lowest BCUT2D eigenvalue weighted by molar-refractivity contribution is -0.135. The Bertz CT molecular complexity index is 539. The number of amides is 1. The van der Waals surface area contributed by atoms with Crippen LogP contribution in [0.3, 0.4) is 0 Å². The highest BCUT2D eigenvalue weighted by molar-refractivity contribution is 9.10. The lowest BCUT2D eigenvalue weighted by atomic mass is 9.87. The van der Waals surface area contributed by atoms with E-state index in [0.29, 0.717) is 13.0 Å². The Kier molecular flexibility index (Phi) is 4.63. The molecule has 0 radical (unpaired) electrons. The fourth-order valence-corrected chi connectivity index (χ4v) is 2.84. The predicted molar refractivity (Wildman–Crippen MR) is 83.8 cm³/mol. The Morgan fingerprint density at radius 3 is 2.70 bits per heavy atom. The number of halogens is 1. The van der Waals surface area contributed by atoms with E-state index >= 15 is 0 Å². The number of nitrogens with zero attached hydrogens (tertiary/aromatic N) is 1. The predicted octanol–water partition coefficient (Wildman–Crippen LogP) is 3.73. The van der Waals surface area contributed by atoms with Crippen LogP contribution in [0.5, 0.6) is 0 Å². The fourth-order valence-electron chi connectivity index (χ4n) is 2.59. The number of carbonyl (C=O) groups is 2. The van der Waals surface area contributed by atoms with Gasteiger partial charge in [-0.1, -0.05) is 29.8 Å². The zero-order chi connectivity index (χ0) is 14.9. The van der Waals surface area contributed by atoms with Crippen LogP contribution in [-0.2, 0) is 9.59 Å². The third kappa shape index (κ3) is 2.95. The van der Waals surface area contributed by atoms with Crippen LogP contribution >= 0.6 is 15.9 Å². The van der Waals surface area contributed by atoms with Crippen LogP contribution in [0.4, 0.5) is 5.69 Å². The minimum atomic E-state index is -0.465. The van der Waals surface area contributed by atoms with Gasteiger partial charge < -0.3 is 4.90 Å². The average Bonchev–Trinajstić information content (AvgIpc) is 2.41. The van der Waals surface area contributed by atoms with Crippen molar-refractivity contribution < 1.29 is 9.59 Å². The number of hydrogen-bond acceptors (Lipinski definition) is 2. The number of hydrogen-bond donors (Lipinski definition) is 0. The number of ketones is 1. The van der Waals surface area contributed by atoms with E-state index < -0.39 is 5.92 Å². The molecule has 108 valence electrons. The van der Waals surface area contributed by atoms with Crippen LogP contribution < -0.4 is 4.90 Å². The number of aryl methyl sites for hydroxylation is 1. The normalized spacial score (nSPS) is 19.6. The summed E-state index contributed by atoms with van der Waals surface area (Å²) in [4.78, 5) is 26.5. The lowest BCUT2D eigenvalue weighted by Crippen LogP contribution is -2.45. The second-order valence-electron chi connectivity index (χ2n) is 5.68. The van der Waals surface area contributed by atoms with E-state index in [1.54, 1.807) is 4.90 Å². The first-order chi connectivity index (χ1) is 9.41. The van der Waals surface area contributed by atoms with Gasteiger partial charge in [0.15, 0.2) is 0 Å². The first kappa shape index (κ1) is 15.2. The lowest BCUT2D eigenvalue weighted by Gasteiger charge is -2.32.